The molecule has 0 bridgehead atoms. The van der Waals surface area contributed by atoms with Crippen molar-refractivity contribution in [1.29, 1.82) is 0 Å². The summed E-state index contributed by atoms with van der Waals surface area (Å²) in [5.74, 6) is -0.283. The van der Waals surface area contributed by atoms with Crippen molar-refractivity contribution in [3.05, 3.63) is 65.0 Å². The lowest BCUT2D eigenvalue weighted by molar-refractivity contribution is -0.118. The highest BCUT2D eigenvalue weighted by molar-refractivity contribution is 6.01. The number of nitrogens with one attached hydrogen (secondary N) is 2. The minimum absolute atomic E-state index is 0.0509. The lowest BCUT2D eigenvalue weighted by Crippen LogP contribution is -2.43. The van der Waals surface area contributed by atoms with Gasteiger partial charge in [0.25, 0.3) is 11.8 Å². The molecule has 2 amide bonds. The highest BCUT2D eigenvalue weighted by Gasteiger charge is 2.20. The zero-order valence-corrected chi connectivity index (χ0v) is 14.0. The van der Waals surface area contributed by atoms with E-state index in [0.717, 1.165) is 5.56 Å². The molecule has 0 saturated carbocycles. The predicted molar refractivity (Wildman–Crippen MR) is 93.1 cm³/mol. The summed E-state index contributed by atoms with van der Waals surface area (Å²) >= 11 is 0. The van der Waals surface area contributed by atoms with E-state index in [4.69, 9.17) is 9.47 Å². The normalized spacial score (nSPS) is 12.3. The van der Waals surface area contributed by atoms with Gasteiger partial charge in [-0.25, -0.2) is 4.39 Å². The Morgan fingerprint density at radius 2 is 1.85 bits per heavy atom. The molecular weight excluding hydrogens is 339 g/mol. The minimum atomic E-state index is -0.547. The lowest BCUT2D eigenvalue weighted by atomic mass is 10.1. The van der Waals surface area contributed by atoms with E-state index < -0.39 is 17.6 Å². The topological polar surface area (TPSA) is 76.7 Å². The summed E-state index contributed by atoms with van der Waals surface area (Å²) in [7, 11) is 0. The van der Waals surface area contributed by atoms with Crippen LogP contribution in [0.1, 0.15) is 22.8 Å². The Kier molecular flexibility index (Phi) is 5.17. The Hall–Kier alpha value is -3.35. The molecule has 26 heavy (non-hydrogen) atoms. The lowest BCUT2D eigenvalue weighted by Gasteiger charge is -2.20. The Morgan fingerprint density at radius 1 is 1.12 bits per heavy atom. The quantitative estimate of drug-likeness (QED) is 0.825. The third-order valence-electron chi connectivity index (χ3n) is 3.70. The number of hydrogen-bond donors (Lipinski definition) is 2. The molecule has 134 valence electrons. The summed E-state index contributed by atoms with van der Waals surface area (Å²) < 4.78 is 24.0. The van der Waals surface area contributed by atoms with E-state index in [9.17, 15) is 14.0 Å². The van der Waals surface area contributed by atoms with Crippen molar-refractivity contribution < 1.29 is 23.5 Å². The molecule has 0 spiro atoms. The molecule has 0 saturated heterocycles. The number of amides is 2. The summed E-state index contributed by atoms with van der Waals surface area (Å²) in [6.45, 7) is 2.43. The standard InChI is InChI=1S/C19H17FN2O4/c1-2-25-16-5-3-4-13-10-14(11-26-17(13)16)19(24)22-21-18(23)12-6-8-15(20)9-7-12/h3-10H,2,11H2,1H3,(H,21,23)(H,22,24). The van der Waals surface area contributed by atoms with Crippen LogP contribution in [0.5, 0.6) is 11.5 Å². The monoisotopic (exact) mass is 356 g/mol. The van der Waals surface area contributed by atoms with Crippen LogP contribution in [0.3, 0.4) is 0 Å². The van der Waals surface area contributed by atoms with Gasteiger partial charge < -0.3 is 9.47 Å². The summed E-state index contributed by atoms with van der Waals surface area (Å²) in [5.41, 5.74) is 5.91. The average molecular weight is 356 g/mol. The molecule has 2 aromatic rings. The summed E-state index contributed by atoms with van der Waals surface area (Å²) in [5, 5.41) is 0. The Bertz CT molecular complexity index is 862. The van der Waals surface area contributed by atoms with Gasteiger partial charge in [-0.1, -0.05) is 12.1 Å². The van der Waals surface area contributed by atoms with E-state index in [1.54, 1.807) is 24.3 Å². The number of hydrogen-bond acceptors (Lipinski definition) is 4. The highest BCUT2D eigenvalue weighted by atomic mass is 19.1. The van der Waals surface area contributed by atoms with Crippen molar-refractivity contribution in [2.45, 2.75) is 6.92 Å². The fraction of sp³-hybridized carbons (Fsp3) is 0.158. The zero-order chi connectivity index (χ0) is 18.5. The van der Waals surface area contributed by atoms with E-state index in [1.807, 2.05) is 6.92 Å². The van der Waals surface area contributed by atoms with Gasteiger partial charge in [0.05, 0.1) is 12.2 Å². The first-order valence-corrected chi connectivity index (χ1v) is 8.04. The number of benzene rings is 2. The second-order valence-corrected chi connectivity index (χ2v) is 5.48. The summed E-state index contributed by atoms with van der Waals surface area (Å²) in [4.78, 5) is 24.2. The molecule has 6 nitrogen and oxygen atoms in total. The van der Waals surface area contributed by atoms with Gasteiger partial charge in [0.1, 0.15) is 12.4 Å². The van der Waals surface area contributed by atoms with Crippen LogP contribution in [-0.2, 0) is 4.79 Å². The molecule has 3 rings (SSSR count). The molecule has 1 aliphatic heterocycles. The molecule has 1 heterocycles. The van der Waals surface area contributed by atoms with Crippen LogP contribution in [0, 0.1) is 5.82 Å². The smallest absolute Gasteiger partial charge is 0.269 e. The third kappa shape index (κ3) is 3.83. The van der Waals surface area contributed by atoms with Gasteiger partial charge in [0.2, 0.25) is 0 Å². The Morgan fingerprint density at radius 3 is 2.58 bits per heavy atom. The van der Waals surface area contributed by atoms with E-state index in [1.165, 1.54) is 24.3 Å². The highest BCUT2D eigenvalue weighted by Crippen LogP contribution is 2.35. The number of hydrazine groups is 1. The summed E-state index contributed by atoms with van der Waals surface area (Å²) in [6, 6.07) is 10.4. The zero-order valence-electron chi connectivity index (χ0n) is 14.0. The Labute approximate surface area is 149 Å². The second-order valence-electron chi connectivity index (χ2n) is 5.48. The van der Waals surface area contributed by atoms with Crippen LogP contribution in [0.4, 0.5) is 4.39 Å². The molecule has 0 fully saturated rings. The van der Waals surface area contributed by atoms with Crippen molar-refractivity contribution in [3.63, 3.8) is 0 Å². The van der Waals surface area contributed by atoms with Gasteiger partial charge in [0.15, 0.2) is 11.5 Å². The van der Waals surface area contributed by atoms with Crippen LogP contribution in [0.25, 0.3) is 6.08 Å². The number of halogens is 1. The van der Waals surface area contributed by atoms with E-state index in [0.29, 0.717) is 23.7 Å². The van der Waals surface area contributed by atoms with Gasteiger partial charge in [-0.15, -0.1) is 0 Å². The second kappa shape index (κ2) is 7.69. The van der Waals surface area contributed by atoms with Crippen molar-refractivity contribution in [1.82, 2.24) is 10.9 Å². The molecule has 1 aliphatic rings. The summed E-state index contributed by atoms with van der Waals surface area (Å²) in [6.07, 6.45) is 1.68. The molecule has 0 aliphatic carbocycles. The maximum absolute atomic E-state index is 12.9. The molecule has 2 N–H and O–H groups in total. The van der Waals surface area contributed by atoms with Crippen molar-refractivity contribution >= 4 is 17.9 Å². The van der Waals surface area contributed by atoms with E-state index in [-0.39, 0.29) is 12.2 Å². The van der Waals surface area contributed by atoms with Crippen LogP contribution < -0.4 is 20.3 Å². The van der Waals surface area contributed by atoms with Crippen molar-refractivity contribution in [2.75, 3.05) is 13.2 Å². The first kappa shape index (κ1) is 17.5. The number of ether oxygens (including phenoxy) is 2. The van der Waals surface area contributed by atoms with Crippen molar-refractivity contribution in [3.8, 4) is 11.5 Å². The fourth-order valence-electron chi connectivity index (χ4n) is 2.45. The van der Waals surface area contributed by atoms with Gasteiger partial charge in [-0.05, 0) is 43.3 Å². The maximum Gasteiger partial charge on any atom is 0.269 e. The van der Waals surface area contributed by atoms with Crippen LogP contribution in [0.2, 0.25) is 0 Å². The predicted octanol–water partition coefficient (Wildman–Crippen LogP) is 2.46. The van der Waals surface area contributed by atoms with E-state index in [2.05, 4.69) is 10.9 Å². The molecule has 0 radical (unpaired) electrons. The molecule has 7 heteroatoms. The van der Waals surface area contributed by atoms with Gasteiger partial charge >= 0.3 is 0 Å². The molecule has 2 aromatic carbocycles. The van der Waals surface area contributed by atoms with Crippen LogP contribution >= 0.6 is 0 Å². The van der Waals surface area contributed by atoms with Crippen molar-refractivity contribution in [2.24, 2.45) is 0 Å². The number of carbonyl (C=O) groups excluding carboxylic acids is 2. The van der Waals surface area contributed by atoms with Gasteiger partial charge in [-0.3, -0.25) is 20.4 Å². The fourth-order valence-corrected chi connectivity index (χ4v) is 2.45. The van der Waals surface area contributed by atoms with E-state index >= 15 is 0 Å². The maximum atomic E-state index is 12.9. The number of rotatable bonds is 4. The first-order valence-electron chi connectivity index (χ1n) is 8.04. The minimum Gasteiger partial charge on any atom is -0.490 e. The number of carbonyl (C=O) groups is 2. The SMILES string of the molecule is CCOc1cccc2c1OCC(C(=O)NNC(=O)c1ccc(F)cc1)=C2. The van der Waals surface area contributed by atoms with Crippen LogP contribution in [-0.4, -0.2) is 25.0 Å². The van der Waals surface area contributed by atoms with Gasteiger partial charge in [0, 0.05) is 11.1 Å². The van der Waals surface area contributed by atoms with Gasteiger partial charge in [-0.2, -0.15) is 0 Å². The third-order valence-corrected chi connectivity index (χ3v) is 3.70. The number of para-hydroxylation sites is 1. The Balaban J connectivity index is 1.66. The number of fused-ring (bicyclic) bond motifs is 1. The largest absolute Gasteiger partial charge is 0.490 e. The van der Waals surface area contributed by atoms with Crippen LogP contribution in [0.15, 0.2) is 48.0 Å². The molecular formula is C19H17FN2O4. The molecule has 0 atom stereocenters. The average Bonchev–Trinajstić information content (AvgIpc) is 2.66. The molecule has 0 unspecified atom stereocenters. The first-order chi connectivity index (χ1) is 12.6. The molecule has 0 aromatic heterocycles.